The first-order valence-corrected chi connectivity index (χ1v) is 4.24. The fraction of sp³-hybridized carbons (Fsp3) is 0.300. The van der Waals surface area contributed by atoms with Gasteiger partial charge in [0.2, 0.25) is 0 Å². The molecule has 0 radical (unpaired) electrons. The number of ether oxygens (including phenoxy) is 1. The minimum atomic E-state index is -2.70. The number of nitrogen functional groups attached to an aromatic ring is 1. The minimum absolute atomic E-state index is 0.00954. The quantitative estimate of drug-likeness (QED) is 0.622. The van der Waals surface area contributed by atoms with E-state index in [-0.39, 0.29) is 22.6 Å². The molecular formula is C10H11F2NO2. The van der Waals surface area contributed by atoms with Gasteiger partial charge in [-0.15, -0.1) is 0 Å². The van der Waals surface area contributed by atoms with Crippen LogP contribution < -0.4 is 10.5 Å². The third kappa shape index (κ3) is 2.06. The second-order valence-electron chi connectivity index (χ2n) is 3.01. The molecule has 0 aromatic heterocycles. The van der Waals surface area contributed by atoms with Gasteiger partial charge in [0.1, 0.15) is 5.75 Å². The Morgan fingerprint density at radius 3 is 2.47 bits per heavy atom. The van der Waals surface area contributed by atoms with E-state index in [2.05, 4.69) is 0 Å². The number of methoxy groups -OCH3 is 1. The number of carbonyl (C=O) groups is 1. The van der Waals surface area contributed by atoms with Crippen LogP contribution in [0.1, 0.15) is 29.3 Å². The van der Waals surface area contributed by atoms with Gasteiger partial charge in [-0.05, 0) is 19.1 Å². The normalized spacial score (nSPS) is 10.5. The fourth-order valence-electron chi connectivity index (χ4n) is 1.37. The molecule has 0 saturated heterocycles. The van der Waals surface area contributed by atoms with E-state index in [4.69, 9.17) is 10.5 Å². The first-order valence-electron chi connectivity index (χ1n) is 4.24. The Labute approximate surface area is 85.8 Å². The average molecular weight is 215 g/mol. The van der Waals surface area contributed by atoms with E-state index in [1.54, 1.807) is 0 Å². The molecular weight excluding hydrogens is 204 g/mol. The van der Waals surface area contributed by atoms with Crippen molar-refractivity contribution < 1.29 is 18.3 Å². The van der Waals surface area contributed by atoms with Crippen molar-refractivity contribution in [3.8, 4) is 5.75 Å². The monoisotopic (exact) mass is 215 g/mol. The van der Waals surface area contributed by atoms with Gasteiger partial charge in [-0.25, -0.2) is 8.78 Å². The molecule has 0 spiro atoms. The molecule has 1 rings (SSSR count). The molecule has 0 unspecified atom stereocenters. The molecule has 3 nitrogen and oxygen atoms in total. The number of carbonyl (C=O) groups excluding carboxylic acids is 1. The number of Topliss-reactive ketones (excluding diaryl/α,β-unsaturated/α-hetero) is 1. The van der Waals surface area contributed by atoms with Gasteiger partial charge in [-0.3, -0.25) is 4.79 Å². The first kappa shape index (κ1) is 11.4. The van der Waals surface area contributed by atoms with Gasteiger partial charge in [-0.2, -0.15) is 0 Å². The lowest BCUT2D eigenvalue weighted by atomic mass is 10.0. The molecule has 1 aromatic carbocycles. The van der Waals surface area contributed by atoms with Gasteiger partial charge in [0, 0.05) is 5.69 Å². The van der Waals surface area contributed by atoms with Crippen molar-refractivity contribution >= 4 is 11.5 Å². The van der Waals surface area contributed by atoms with Crippen LogP contribution in [0.25, 0.3) is 0 Å². The number of hydrogen-bond acceptors (Lipinski definition) is 3. The lowest BCUT2D eigenvalue weighted by Gasteiger charge is -2.13. The van der Waals surface area contributed by atoms with Crippen LogP contribution in [0.15, 0.2) is 12.1 Å². The molecule has 2 N–H and O–H groups in total. The van der Waals surface area contributed by atoms with E-state index in [1.165, 1.54) is 20.1 Å². The predicted octanol–water partition coefficient (Wildman–Crippen LogP) is 2.42. The molecule has 0 atom stereocenters. The van der Waals surface area contributed by atoms with Crippen molar-refractivity contribution in [3.63, 3.8) is 0 Å². The van der Waals surface area contributed by atoms with Gasteiger partial charge in [0.25, 0.3) is 6.43 Å². The summed E-state index contributed by atoms with van der Waals surface area (Å²) in [5, 5.41) is 0. The minimum Gasteiger partial charge on any atom is -0.495 e. The van der Waals surface area contributed by atoms with Gasteiger partial charge >= 0.3 is 0 Å². The summed E-state index contributed by atoms with van der Waals surface area (Å²) in [6, 6.07) is 2.44. The third-order valence-electron chi connectivity index (χ3n) is 2.01. The van der Waals surface area contributed by atoms with Crippen LogP contribution in [-0.2, 0) is 0 Å². The summed E-state index contributed by atoms with van der Waals surface area (Å²) in [4.78, 5) is 11.2. The summed E-state index contributed by atoms with van der Waals surface area (Å²) in [6.45, 7) is 1.25. The van der Waals surface area contributed by atoms with Crippen molar-refractivity contribution in [2.24, 2.45) is 0 Å². The largest absolute Gasteiger partial charge is 0.495 e. The zero-order valence-corrected chi connectivity index (χ0v) is 8.38. The summed E-state index contributed by atoms with van der Waals surface area (Å²) < 4.78 is 29.9. The molecule has 0 fully saturated rings. The van der Waals surface area contributed by atoms with E-state index in [9.17, 15) is 13.6 Å². The average Bonchev–Trinajstić information content (AvgIpc) is 2.15. The maximum Gasteiger partial charge on any atom is 0.267 e. The van der Waals surface area contributed by atoms with Gasteiger partial charge in [0.15, 0.2) is 5.78 Å². The Hall–Kier alpha value is -1.65. The molecule has 0 heterocycles. The summed E-state index contributed by atoms with van der Waals surface area (Å²) in [7, 11) is 1.23. The van der Waals surface area contributed by atoms with Crippen LogP contribution in [0.3, 0.4) is 0 Å². The van der Waals surface area contributed by atoms with Crippen molar-refractivity contribution in [3.05, 3.63) is 23.3 Å². The zero-order chi connectivity index (χ0) is 11.6. The van der Waals surface area contributed by atoms with Crippen molar-refractivity contribution in [2.45, 2.75) is 13.3 Å². The van der Waals surface area contributed by atoms with E-state index in [0.29, 0.717) is 0 Å². The van der Waals surface area contributed by atoms with Crippen molar-refractivity contribution in [1.82, 2.24) is 0 Å². The Balaban J connectivity index is 3.47. The molecule has 82 valence electrons. The van der Waals surface area contributed by atoms with E-state index in [0.717, 1.165) is 6.07 Å². The zero-order valence-electron chi connectivity index (χ0n) is 8.38. The Morgan fingerprint density at radius 2 is 2.07 bits per heavy atom. The third-order valence-corrected chi connectivity index (χ3v) is 2.01. The Kier molecular flexibility index (Phi) is 3.24. The number of nitrogens with two attached hydrogens (primary N) is 1. The molecule has 0 aliphatic rings. The van der Waals surface area contributed by atoms with E-state index < -0.39 is 12.2 Å². The highest BCUT2D eigenvalue weighted by Gasteiger charge is 2.21. The number of halogens is 2. The number of alkyl halides is 2. The van der Waals surface area contributed by atoms with E-state index in [1.807, 2.05) is 0 Å². The first-order chi connectivity index (χ1) is 6.99. The summed E-state index contributed by atoms with van der Waals surface area (Å²) in [5.74, 6) is -0.538. The molecule has 0 saturated carbocycles. The number of benzene rings is 1. The fourth-order valence-corrected chi connectivity index (χ4v) is 1.37. The lowest BCUT2D eigenvalue weighted by molar-refractivity contribution is 0.101. The maximum absolute atomic E-state index is 12.6. The van der Waals surface area contributed by atoms with Crippen LogP contribution in [0.4, 0.5) is 14.5 Å². The molecule has 5 heteroatoms. The maximum atomic E-state index is 12.6. The van der Waals surface area contributed by atoms with E-state index >= 15 is 0 Å². The second-order valence-corrected chi connectivity index (χ2v) is 3.01. The SMILES string of the molecule is COc1c(C(F)F)ccc(N)c1C(C)=O. The number of rotatable bonds is 3. The number of ketones is 1. The van der Waals surface area contributed by atoms with Gasteiger partial charge < -0.3 is 10.5 Å². The van der Waals surface area contributed by atoms with Crippen LogP contribution in [0.2, 0.25) is 0 Å². The summed E-state index contributed by atoms with van der Waals surface area (Å²) in [6.07, 6.45) is -2.70. The Bertz CT molecular complexity index is 391. The number of anilines is 1. The lowest BCUT2D eigenvalue weighted by Crippen LogP contribution is -2.06. The summed E-state index contributed by atoms with van der Waals surface area (Å²) in [5.41, 5.74) is 5.35. The highest BCUT2D eigenvalue weighted by atomic mass is 19.3. The Morgan fingerprint density at radius 1 is 1.47 bits per heavy atom. The second kappa shape index (κ2) is 4.25. The summed E-state index contributed by atoms with van der Waals surface area (Å²) >= 11 is 0. The van der Waals surface area contributed by atoms with Gasteiger partial charge in [-0.1, -0.05) is 0 Å². The van der Waals surface area contributed by atoms with Crippen LogP contribution in [0, 0.1) is 0 Å². The molecule has 0 aliphatic heterocycles. The predicted molar refractivity (Wildman–Crippen MR) is 52.4 cm³/mol. The van der Waals surface area contributed by atoms with Crippen molar-refractivity contribution in [1.29, 1.82) is 0 Å². The smallest absolute Gasteiger partial charge is 0.267 e. The number of hydrogen-bond donors (Lipinski definition) is 1. The molecule has 0 aliphatic carbocycles. The van der Waals surface area contributed by atoms with Crippen LogP contribution >= 0.6 is 0 Å². The highest BCUT2D eigenvalue weighted by molar-refractivity contribution is 6.02. The molecule has 0 amide bonds. The van der Waals surface area contributed by atoms with Crippen LogP contribution in [-0.4, -0.2) is 12.9 Å². The van der Waals surface area contributed by atoms with Crippen LogP contribution in [0.5, 0.6) is 5.75 Å². The standard InChI is InChI=1S/C10H11F2NO2/c1-5(14)8-7(13)4-3-6(10(11)12)9(8)15-2/h3-4,10H,13H2,1-2H3. The highest BCUT2D eigenvalue weighted by Crippen LogP contribution is 2.35. The molecule has 1 aromatic rings. The van der Waals surface area contributed by atoms with Crippen molar-refractivity contribution in [2.75, 3.05) is 12.8 Å². The topological polar surface area (TPSA) is 52.3 Å². The molecule has 0 bridgehead atoms. The molecule has 15 heavy (non-hydrogen) atoms. The van der Waals surface area contributed by atoms with Gasteiger partial charge in [0.05, 0.1) is 18.2 Å².